The second-order valence-corrected chi connectivity index (χ2v) is 6.77. The van der Waals surface area contributed by atoms with Gasteiger partial charge in [0.2, 0.25) is 0 Å². The number of hydrogen-bond acceptors (Lipinski definition) is 4. The minimum atomic E-state index is -0.677. The summed E-state index contributed by atoms with van der Waals surface area (Å²) in [4.78, 5) is 20.5. The Hall–Kier alpha value is -2.31. The Labute approximate surface area is 153 Å². The van der Waals surface area contributed by atoms with Crippen LogP contribution in [-0.4, -0.2) is 20.6 Å². The van der Waals surface area contributed by atoms with Crippen LogP contribution in [0.4, 0.5) is 10.5 Å². The van der Waals surface area contributed by atoms with Gasteiger partial charge in [-0.05, 0) is 30.9 Å². The molecule has 4 rings (SSSR count). The van der Waals surface area contributed by atoms with Gasteiger partial charge in [0.25, 0.3) is 0 Å². The van der Waals surface area contributed by atoms with Gasteiger partial charge in [0.15, 0.2) is 5.75 Å². The lowest BCUT2D eigenvalue weighted by molar-refractivity contribution is 0.215. The molecule has 1 saturated carbocycles. The van der Waals surface area contributed by atoms with Crippen LogP contribution in [0.2, 0.25) is 10.0 Å². The van der Waals surface area contributed by atoms with Crippen molar-refractivity contribution < 1.29 is 9.53 Å². The fourth-order valence-electron chi connectivity index (χ4n) is 2.65. The first kappa shape index (κ1) is 16.2. The fourth-order valence-corrected chi connectivity index (χ4v) is 3.11. The van der Waals surface area contributed by atoms with Gasteiger partial charge in [-0.15, -0.1) is 0 Å². The summed E-state index contributed by atoms with van der Waals surface area (Å²) in [5.41, 5.74) is 1.07. The first-order chi connectivity index (χ1) is 12.1. The zero-order valence-corrected chi connectivity index (χ0v) is 14.6. The van der Waals surface area contributed by atoms with Crippen LogP contribution in [0.25, 0.3) is 11.0 Å². The lowest BCUT2D eigenvalue weighted by Crippen LogP contribution is -2.17. The van der Waals surface area contributed by atoms with Gasteiger partial charge in [-0.1, -0.05) is 23.2 Å². The molecule has 0 bridgehead atoms. The van der Waals surface area contributed by atoms with Gasteiger partial charge in [-0.3, -0.25) is 10.3 Å². The van der Waals surface area contributed by atoms with Gasteiger partial charge in [0.1, 0.15) is 5.65 Å². The number of rotatable bonds is 4. The second kappa shape index (κ2) is 6.54. The van der Waals surface area contributed by atoms with Gasteiger partial charge in [0, 0.05) is 31.3 Å². The van der Waals surface area contributed by atoms with Crippen molar-refractivity contribution in [3.05, 3.63) is 47.0 Å². The maximum absolute atomic E-state index is 12.3. The number of anilines is 1. The van der Waals surface area contributed by atoms with E-state index < -0.39 is 6.09 Å². The number of ether oxygens (including phenoxy) is 1. The Morgan fingerprint density at radius 3 is 2.80 bits per heavy atom. The van der Waals surface area contributed by atoms with E-state index in [0.717, 1.165) is 17.6 Å². The molecule has 1 aliphatic carbocycles. The summed E-state index contributed by atoms with van der Waals surface area (Å²) in [7, 11) is 0. The number of fused-ring (bicyclic) bond motifs is 1. The van der Waals surface area contributed by atoms with E-state index >= 15 is 0 Å². The van der Waals surface area contributed by atoms with Crippen LogP contribution in [0.15, 0.2) is 36.9 Å². The Bertz CT molecular complexity index is 933. The maximum atomic E-state index is 12.3. The Kier molecular flexibility index (Phi) is 4.23. The number of halogens is 2. The molecular weight excluding hydrogens is 363 g/mol. The van der Waals surface area contributed by atoms with Gasteiger partial charge < -0.3 is 9.30 Å². The van der Waals surface area contributed by atoms with E-state index in [9.17, 15) is 4.79 Å². The van der Waals surface area contributed by atoms with Crippen molar-refractivity contribution in [3.63, 3.8) is 0 Å². The van der Waals surface area contributed by atoms with Gasteiger partial charge in [-0.2, -0.15) is 0 Å². The van der Waals surface area contributed by atoms with Gasteiger partial charge >= 0.3 is 6.09 Å². The summed E-state index contributed by atoms with van der Waals surface area (Å²) in [6.07, 6.45) is 8.11. The molecule has 0 aliphatic heterocycles. The van der Waals surface area contributed by atoms with E-state index in [2.05, 4.69) is 15.3 Å². The molecule has 3 aromatic heterocycles. The van der Waals surface area contributed by atoms with Gasteiger partial charge in [0.05, 0.1) is 21.1 Å². The highest BCUT2D eigenvalue weighted by atomic mass is 35.5. The van der Waals surface area contributed by atoms with Crippen LogP contribution in [0.1, 0.15) is 12.8 Å². The number of carbonyl (C=O) groups is 1. The first-order valence-corrected chi connectivity index (χ1v) is 8.59. The summed E-state index contributed by atoms with van der Waals surface area (Å²) in [6.45, 7) is 0.875. The molecule has 0 unspecified atom stereocenters. The highest BCUT2D eigenvalue weighted by Gasteiger charge is 2.24. The van der Waals surface area contributed by atoms with Crippen LogP contribution in [0.3, 0.4) is 0 Å². The lowest BCUT2D eigenvalue weighted by Gasteiger charge is -2.08. The Morgan fingerprint density at radius 1 is 1.32 bits per heavy atom. The minimum absolute atomic E-state index is 0.238. The number of hydrogen-bond donors (Lipinski definition) is 1. The van der Waals surface area contributed by atoms with Crippen molar-refractivity contribution in [2.45, 2.75) is 19.4 Å². The number of pyridine rings is 2. The third kappa shape index (κ3) is 3.41. The highest BCUT2D eigenvalue weighted by molar-refractivity contribution is 6.39. The van der Waals surface area contributed by atoms with Crippen LogP contribution in [-0.2, 0) is 6.54 Å². The molecule has 25 heavy (non-hydrogen) atoms. The lowest BCUT2D eigenvalue weighted by atomic mass is 10.3. The largest absolute Gasteiger partial charge is 0.417 e. The van der Waals surface area contributed by atoms with Crippen LogP contribution in [0.5, 0.6) is 5.75 Å². The summed E-state index contributed by atoms with van der Waals surface area (Å²) in [5, 5.41) is 3.82. The molecule has 128 valence electrons. The fraction of sp³-hybridized carbons (Fsp3) is 0.235. The Morgan fingerprint density at radius 2 is 2.08 bits per heavy atom. The molecule has 6 nitrogen and oxygen atoms in total. The molecule has 0 radical (unpaired) electrons. The third-order valence-corrected chi connectivity index (χ3v) is 4.61. The molecule has 1 fully saturated rings. The molecule has 0 aromatic carbocycles. The first-order valence-electron chi connectivity index (χ1n) is 7.83. The van der Waals surface area contributed by atoms with Crippen LogP contribution >= 0.6 is 23.2 Å². The van der Waals surface area contributed by atoms with Crippen molar-refractivity contribution in [2.24, 2.45) is 5.92 Å². The maximum Gasteiger partial charge on any atom is 0.417 e. The smallest absolute Gasteiger partial charge is 0.408 e. The molecule has 0 atom stereocenters. The normalized spacial score (nSPS) is 13.8. The summed E-state index contributed by atoms with van der Waals surface area (Å²) in [5.74, 6) is 1.12. The minimum Gasteiger partial charge on any atom is -0.408 e. The Balaban J connectivity index is 1.58. The molecule has 3 aromatic rings. The van der Waals surface area contributed by atoms with E-state index in [1.165, 1.54) is 25.2 Å². The topological polar surface area (TPSA) is 69.0 Å². The quantitative estimate of drug-likeness (QED) is 0.712. The number of nitrogens with zero attached hydrogens (tertiary/aromatic N) is 3. The van der Waals surface area contributed by atoms with Crippen LogP contribution < -0.4 is 10.1 Å². The summed E-state index contributed by atoms with van der Waals surface area (Å²) in [6, 6.07) is 3.69. The monoisotopic (exact) mass is 376 g/mol. The zero-order valence-electron chi connectivity index (χ0n) is 13.1. The van der Waals surface area contributed by atoms with E-state index in [-0.39, 0.29) is 15.7 Å². The van der Waals surface area contributed by atoms with Crippen molar-refractivity contribution in [2.75, 3.05) is 5.32 Å². The van der Waals surface area contributed by atoms with E-state index in [1.807, 2.05) is 22.9 Å². The van der Waals surface area contributed by atoms with E-state index in [1.54, 1.807) is 6.20 Å². The molecule has 3 heterocycles. The number of amides is 1. The van der Waals surface area contributed by atoms with Crippen molar-refractivity contribution in [1.82, 2.24) is 14.5 Å². The molecule has 0 saturated heterocycles. The number of nitrogens with one attached hydrogen (secondary N) is 1. The summed E-state index contributed by atoms with van der Waals surface area (Å²) >= 11 is 12.0. The SMILES string of the molecule is O=C(Nc1c(Cl)cncc1Cl)Oc1cn(CC2CC2)c2ncccc12. The number of aromatic nitrogens is 3. The predicted molar refractivity (Wildman–Crippen MR) is 96.4 cm³/mol. The standard InChI is InChI=1S/C17H14Cl2N4O2/c18-12-6-20-7-13(19)15(12)22-17(24)25-14-9-23(8-10-3-4-10)16-11(14)2-1-5-21-16/h1-2,5-7,9-10H,3-4,8H2,(H,20,22,24). The molecular formula is C17H14Cl2N4O2. The molecule has 8 heteroatoms. The molecule has 1 aliphatic rings. The summed E-state index contributed by atoms with van der Waals surface area (Å²) < 4.78 is 7.51. The number of carbonyl (C=O) groups excluding carboxylic acids is 1. The second-order valence-electron chi connectivity index (χ2n) is 5.96. The van der Waals surface area contributed by atoms with Crippen molar-refractivity contribution >= 4 is 46.0 Å². The van der Waals surface area contributed by atoms with Crippen molar-refractivity contribution in [1.29, 1.82) is 0 Å². The third-order valence-electron chi connectivity index (χ3n) is 4.03. The average molecular weight is 377 g/mol. The van der Waals surface area contributed by atoms with Gasteiger partial charge in [-0.25, -0.2) is 9.78 Å². The van der Waals surface area contributed by atoms with E-state index in [0.29, 0.717) is 11.7 Å². The predicted octanol–water partition coefficient (Wildman–Crippen LogP) is 4.76. The van der Waals surface area contributed by atoms with E-state index in [4.69, 9.17) is 27.9 Å². The molecule has 1 amide bonds. The van der Waals surface area contributed by atoms with Crippen LogP contribution in [0, 0.1) is 5.92 Å². The zero-order chi connectivity index (χ0) is 17.4. The highest BCUT2D eigenvalue weighted by Crippen LogP contribution is 2.34. The average Bonchev–Trinajstić information content (AvgIpc) is 3.35. The molecule has 0 spiro atoms. The van der Waals surface area contributed by atoms with Crippen molar-refractivity contribution in [3.8, 4) is 5.75 Å². The molecule has 1 N–H and O–H groups in total.